The molecule has 128 valence electrons. The molecule has 0 unspecified atom stereocenters. The van der Waals surface area contributed by atoms with Gasteiger partial charge in [-0.05, 0) is 53.6 Å². The highest BCUT2D eigenvalue weighted by molar-refractivity contribution is 5.65. The topological polar surface area (TPSA) is 26.0 Å². The molecular formula is C22H21F2N. The van der Waals surface area contributed by atoms with Gasteiger partial charge < -0.3 is 5.73 Å². The fourth-order valence-electron chi connectivity index (χ4n) is 2.91. The average molecular weight is 337 g/mol. The minimum atomic E-state index is -0.769. The Bertz CT molecular complexity index is 852. The molecule has 0 spiro atoms. The van der Waals surface area contributed by atoms with Crippen LogP contribution in [0.1, 0.15) is 23.6 Å². The van der Waals surface area contributed by atoms with E-state index in [4.69, 9.17) is 5.73 Å². The van der Waals surface area contributed by atoms with Crippen LogP contribution in [-0.2, 0) is 19.3 Å². The summed E-state index contributed by atoms with van der Waals surface area (Å²) in [6.07, 6.45) is 2.27. The fraction of sp³-hybridized carbons (Fsp3) is 0.182. The smallest absolute Gasteiger partial charge is 0.166 e. The number of hydrogen-bond donors (Lipinski definition) is 1. The Kier molecular flexibility index (Phi) is 5.13. The Morgan fingerprint density at radius 2 is 1.28 bits per heavy atom. The molecule has 3 aromatic carbocycles. The zero-order chi connectivity index (χ0) is 17.8. The SMILES string of the molecule is CCc1ccc(-c2ccc(CCc3ccc(N)cc3)cc2)c(F)c1F. The highest BCUT2D eigenvalue weighted by atomic mass is 19.2. The first-order valence-electron chi connectivity index (χ1n) is 8.49. The summed E-state index contributed by atoms with van der Waals surface area (Å²) in [5, 5.41) is 0. The Labute approximate surface area is 147 Å². The third-order valence-corrected chi connectivity index (χ3v) is 4.49. The molecule has 0 saturated heterocycles. The number of nitrogens with two attached hydrogens (primary N) is 1. The van der Waals surface area contributed by atoms with Gasteiger partial charge >= 0.3 is 0 Å². The second kappa shape index (κ2) is 7.47. The van der Waals surface area contributed by atoms with Crippen molar-refractivity contribution in [3.63, 3.8) is 0 Å². The first-order chi connectivity index (χ1) is 12.1. The molecule has 0 atom stereocenters. The van der Waals surface area contributed by atoms with Gasteiger partial charge in [0.15, 0.2) is 11.6 Å². The predicted molar refractivity (Wildman–Crippen MR) is 99.4 cm³/mol. The molecule has 0 radical (unpaired) electrons. The highest BCUT2D eigenvalue weighted by Crippen LogP contribution is 2.27. The largest absolute Gasteiger partial charge is 0.399 e. The predicted octanol–water partition coefficient (Wildman–Crippen LogP) is 5.56. The van der Waals surface area contributed by atoms with Crippen LogP contribution in [0.2, 0.25) is 0 Å². The summed E-state index contributed by atoms with van der Waals surface area (Å²) < 4.78 is 28.2. The molecule has 0 heterocycles. The fourth-order valence-corrected chi connectivity index (χ4v) is 2.91. The Hall–Kier alpha value is -2.68. The quantitative estimate of drug-likeness (QED) is 0.606. The van der Waals surface area contributed by atoms with Gasteiger partial charge in [-0.1, -0.05) is 55.5 Å². The third kappa shape index (κ3) is 3.87. The summed E-state index contributed by atoms with van der Waals surface area (Å²) in [5.74, 6) is -1.51. The Morgan fingerprint density at radius 1 is 0.720 bits per heavy atom. The molecule has 0 saturated carbocycles. The third-order valence-electron chi connectivity index (χ3n) is 4.49. The number of hydrogen-bond acceptors (Lipinski definition) is 1. The maximum Gasteiger partial charge on any atom is 0.166 e. The van der Waals surface area contributed by atoms with Gasteiger partial charge in [-0.15, -0.1) is 0 Å². The standard InChI is InChI=1S/C22H21F2N/c1-2-17-11-14-20(22(24)21(17)23)18-9-5-15(6-10-18)3-4-16-7-12-19(25)13-8-16/h5-14H,2-4,25H2,1H3. The van der Waals surface area contributed by atoms with E-state index < -0.39 is 11.6 Å². The molecule has 3 rings (SSSR count). The molecule has 0 fully saturated rings. The van der Waals surface area contributed by atoms with Crippen molar-refractivity contribution in [2.24, 2.45) is 0 Å². The summed E-state index contributed by atoms with van der Waals surface area (Å²) in [4.78, 5) is 0. The van der Waals surface area contributed by atoms with E-state index in [1.165, 1.54) is 5.56 Å². The minimum Gasteiger partial charge on any atom is -0.399 e. The van der Waals surface area contributed by atoms with Gasteiger partial charge in [-0.25, -0.2) is 8.78 Å². The normalized spacial score (nSPS) is 10.8. The van der Waals surface area contributed by atoms with Gasteiger partial charge in [0.1, 0.15) is 0 Å². The van der Waals surface area contributed by atoms with Crippen molar-refractivity contribution >= 4 is 5.69 Å². The van der Waals surface area contributed by atoms with Crippen LogP contribution >= 0.6 is 0 Å². The van der Waals surface area contributed by atoms with Crippen molar-refractivity contribution in [3.8, 4) is 11.1 Å². The zero-order valence-electron chi connectivity index (χ0n) is 14.2. The maximum atomic E-state index is 14.3. The van der Waals surface area contributed by atoms with Gasteiger partial charge in [0.05, 0.1) is 0 Å². The Balaban J connectivity index is 1.74. The molecule has 1 nitrogen and oxygen atoms in total. The van der Waals surface area contributed by atoms with Crippen LogP contribution < -0.4 is 5.73 Å². The maximum absolute atomic E-state index is 14.3. The van der Waals surface area contributed by atoms with E-state index in [1.54, 1.807) is 12.1 Å². The van der Waals surface area contributed by atoms with Crippen LogP contribution in [0.25, 0.3) is 11.1 Å². The lowest BCUT2D eigenvalue weighted by molar-refractivity contribution is 0.502. The summed E-state index contributed by atoms with van der Waals surface area (Å²) in [6, 6.07) is 18.8. The van der Waals surface area contributed by atoms with Crippen LogP contribution in [0.5, 0.6) is 0 Å². The van der Waals surface area contributed by atoms with E-state index in [0.29, 0.717) is 23.1 Å². The number of rotatable bonds is 5. The van der Waals surface area contributed by atoms with Crippen molar-refractivity contribution in [1.29, 1.82) is 0 Å². The molecule has 0 aliphatic heterocycles. The van der Waals surface area contributed by atoms with Crippen LogP contribution in [0.15, 0.2) is 60.7 Å². The van der Waals surface area contributed by atoms with E-state index in [9.17, 15) is 8.78 Å². The van der Waals surface area contributed by atoms with Gasteiger partial charge in [0.2, 0.25) is 0 Å². The van der Waals surface area contributed by atoms with Gasteiger partial charge in [-0.3, -0.25) is 0 Å². The average Bonchev–Trinajstić information content (AvgIpc) is 2.64. The van der Waals surface area contributed by atoms with Crippen LogP contribution in [-0.4, -0.2) is 0 Å². The Morgan fingerprint density at radius 3 is 1.84 bits per heavy atom. The van der Waals surface area contributed by atoms with Crippen LogP contribution in [0.4, 0.5) is 14.5 Å². The minimum absolute atomic E-state index is 0.305. The number of benzene rings is 3. The lowest BCUT2D eigenvalue weighted by atomic mass is 9.98. The lowest BCUT2D eigenvalue weighted by Gasteiger charge is -2.09. The van der Waals surface area contributed by atoms with Gasteiger partial charge in [0.25, 0.3) is 0 Å². The van der Waals surface area contributed by atoms with E-state index in [2.05, 4.69) is 0 Å². The van der Waals surface area contributed by atoms with E-state index in [1.807, 2.05) is 55.5 Å². The van der Waals surface area contributed by atoms with Crippen LogP contribution in [0, 0.1) is 11.6 Å². The molecule has 0 amide bonds. The molecule has 3 aromatic rings. The number of anilines is 1. The molecular weight excluding hydrogens is 316 g/mol. The van der Waals surface area contributed by atoms with Gasteiger partial charge in [-0.2, -0.15) is 0 Å². The highest BCUT2D eigenvalue weighted by Gasteiger charge is 2.13. The van der Waals surface area contributed by atoms with Crippen molar-refractivity contribution in [1.82, 2.24) is 0 Å². The lowest BCUT2D eigenvalue weighted by Crippen LogP contribution is -1.96. The zero-order valence-corrected chi connectivity index (χ0v) is 14.2. The summed E-state index contributed by atoms with van der Waals surface area (Å²) in [5.41, 5.74) is 10.2. The molecule has 0 aliphatic rings. The number of halogens is 2. The number of aryl methyl sites for hydroxylation is 3. The monoisotopic (exact) mass is 337 g/mol. The van der Waals surface area contributed by atoms with Crippen molar-refractivity contribution < 1.29 is 8.78 Å². The van der Waals surface area contributed by atoms with Gasteiger partial charge in [0, 0.05) is 11.3 Å². The molecule has 25 heavy (non-hydrogen) atoms. The first-order valence-corrected chi connectivity index (χ1v) is 8.49. The first kappa shape index (κ1) is 17.2. The van der Waals surface area contributed by atoms with Crippen LogP contribution in [0.3, 0.4) is 0 Å². The second-order valence-electron chi connectivity index (χ2n) is 6.19. The molecule has 2 N–H and O–H groups in total. The van der Waals surface area contributed by atoms with E-state index >= 15 is 0 Å². The summed E-state index contributed by atoms with van der Waals surface area (Å²) in [7, 11) is 0. The summed E-state index contributed by atoms with van der Waals surface area (Å²) in [6.45, 7) is 1.81. The van der Waals surface area contributed by atoms with E-state index in [0.717, 1.165) is 24.1 Å². The van der Waals surface area contributed by atoms with Crippen molar-refractivity contribution in [2.75, 3.05) is 5.73 Å². The number of nitrogen functional groups attached to an aromatic ring is 1. The molecule has 3 heteroatoms. The van der Waals surface area contributed by atoms with Crippen molar-refractivity contribution in [3.05, 3.63) is 89.0 Å². The van der Waals surface area contributed by atoms with E-state index in [-0.39, 0.29) is 0 Å². The van der Waals surface area contributed by atoms with Crippen molar-refractivity contribution in [2.45, 2.75) is 26.2 Å². The molecule has 0 bridgehead atoms. The second-order valence-corrected chi connectivity index (χ2v) is 6.19. The molecule has 0 aromatic heterocycles. The summed E-state index contributed by atoms with van der Waals surface area (Å²) >= 11 is 0. The molecule has 0 aliphatic carbocycles.